The Morgan fingerprint density at radius 1 is 0.636 bits per heavy atom. The van der Waals surface area contributed by atoms with Crippen molar-refractivity contribution in [3.8, 4) is 12.3 Å². The first-order valence-corrected chi connectivity index (χ1v) is 17.5. The summed E-state index contributed by atoms with van der Waals surface area (Å²) < 4.78 is 0. The first-order chi connectivity index (χ1) is 26.8. The third kappa shape index (κ3) is 8.92. The molecule has 55 heavy (non-hydrogen) atoms. The van der Waals surface area contributed by atoms with Crippen LogP contribution in [0.25, 0.3) is 4.85 Å². The van der Waals surface area contributed by atoms with Crippen LogP contribution in [0.1, 0.15) is 55.0 Å². The Kier molecular flexibility index (Phi) is 11.7. The zero-order valence-corrected chi connectivity index (χ0v) is 29.7. The number of hydrogen-bond donors (Lipinski definition) is 3. The Labute approximate surface area is 320 Å². The van der Waals surface area contributed by atoms with Gasteiger partial charge < -0.3 is 16.0 Å². The molecule has 0 saturated carbocycles. The van der Waals surface area contributed by atoms with Crippen molar-refractivity contribution in [1.82, 2.24) is 10.6 Å². The molecule has 0 unspecified atom stereocenters. The normalized spacial score (nSPS) is 11.2. The fraction of sp³-hybridized carbons (Fsp3) is 0.0851. The van der Waals surface area contributed by atoms with Crippen molar-refractivity contribution in [2.24, 2.45) is 0 Å². The lowest BCUT2D eigenvalue weighted by Gasteiger charge is -2.37. The molecule has 0 fully saturated rings. The maximum Gasteiger partial charge on any atom is 0.255 e. The van der Waals surface area contributed by atoms with Gasteiger partial charge in [-0.25, -0.2) is 4.85 Å². The van der Waals surface area contributed by atoms with E-state index < -0.39 is 23.4 Å². The summed E-state index contributed by atoms with van der Waals surface area (Å²) in [6, 6.07) is 47.1. The number of amides is 3. The lowest BCUT2D eigenvalue weighted by atomic mass is 9.76. The van der Waals surface area contributed by atoms with Gasteiger partial charge in [0.2, 0.25) is 5.91 Å². The summed E-state index contributed by atoms with van der Waals surface area (Å²) in [6.07, 6.45) is 5.13. The number of nitrogens with zero attached hydrogens (tertiary/aromatic N) is 1. The van der Waals surface area contributed by atoms with E-state index in [-0.39, 0.29) is 30.1 Å². The Balaban J connectivity index is 1.26. The minimum atomic E-state index is -1.20. The van der Waals surface area contributed by atoms with Crippen LogP contribution in [-0.2, 0) is 21.5 Å². The maximum atomic E-state index is 14.4. The van der Waals surface area contributed by atoms with Gasteiger partial charge in [-0.2, -0.15) is 0 Å². The average molecular weight is 721 g/mol. The van der Waals surface area contributed by atoms with Gasteiger partial charge >= 0.3 is 0 Å². The second kappa shape index (κ2) is 17.3. The van der Waals surface area contributed by atoms with Crippen LogP contribution in [0.2, 0.25) is 0 Å². The molecule has 1 atom stereocenters. The van der Waals surface area contributed by atoms with E-state index in [1.807, 2.05) is 91.0 Å². The molecular formula is C47H36N4O4. The van der Waals surface area contributed by atoms with Gasteiger partial charge in [-0.15, -0.1) is 6.42 Å². The summed E-state index contributed by atoms with van der Waals surface area (Å²) in [4.78, 5) is 58.2. The molecule has 0 bridgehead atoms. The van der Waals surface area contributed by atoms with Crippen LogP contribution in [0.15, 0.2) is 164 Å². The number of terminal acetylenes is 1. The smallest absolute Gasteiger partial charge is 0.255 e. The van der Waals surface area contributed by atoms with E-state index in [0.29, 0.717) is 28.1 Å². The summed E-state index contributed by atoms with van der Waals surface area (Å²) in [5, 5.41) is 8.88. The highest BCUT2D eigenvalue weighted by molar-refractivity contribution is 6.05. The summed E-state index contributed by atoms with van der Waals surface area (Å²) in [5.74, 6) is 0.794. The number of Topliss-reactive ketones (excluding diaryl/α,β-unsaturated/α-hetero) is 1. The van der Waals surface area contributed by atoms with E-state index in [1.165, 1.54) is 12.1 Å². The second-order valence-corrected chi connectivity index (χ2v) is 12.8. The quantitative estimate of drug-likeness (QED) is 0.0641. The molecule has 0 spiro atoms. The molecule has 6 rings (SSSR count). The molecule has 0 aliphatic heterocycles. The van der Waals surface area contributed by atoms with E-state index in [1.54, 1.807) is 60.7 Å². The van der Waals surface area contributed by atoms with Crippen molar-refractivity contribution >= 4 is 34.9 Å². The van der Waals surface area contributed by atoms with Crippen LogP contribution in [0.4, 0.5) is 11.4 Å². The van der Waals surface area contributed by atoms with E-state index in [9.17, 15) is 19.2 Å². The van der Waals surface area contributed by atoms with Crippen LogP contribution in [0.3, 0.4) is 0 Å². The number of carbonyl (C=O) groups is 4. The minimum Gasteiger partial charge on any atom is -0.342 e. The molecule has 0 saturated heterocycles. The Hall–Kier alpha value is -7.55. The standard InChI is InChI=1S/C47H36N4O4/c1-3-33-19-21-34(22-20-33)31-43(52)42(50-46(55)36-25-29-41(30-26-36)49-45(54)35-23-27-40(48-2)28-24-35)32-44(53)51-47(37-13-7-4-8-14-37,38-15-9-5-10-16-38)39-17-11-6-12-18-39/h1,4-30,42H,31-32H2,(H,49,54)(H,50,55)(H,51,53)/t42-/m0/s1. The highest BCUT2D eigenvalue weighted by Crippen LogP contribution is 2.37. The Bertz CT molecular complexity index is 2270. The predicted molar refractivity (Wildman–Crippen MR) is 213 cm³/mol. The number of carbonyl (C=O) groups excluding carboxylic acids is 4. The van der Waals surface area contributed by atoms with E-state index >= 15 is 0 Å². The first kappa shape index (κ1) is 37.2. The molecule has 3 N–H and O–H groups in total. The van der Waals surface area contributed by atoms with Gasteiger partial charge in [0, 0.05) is 28.8 Å². The van der Waals surface area contributed by atoms with Crippen molar-refractivity contribution in [3.05, 3.63) is 214 Å². The Morgan fingerprint density at radius 2 is 1.13 bits per heavy atom. The predicted octanol–water partition coefficient (Wildman–Crippen LogP) is 7.88. The number of rotatable bonds is 13. The monoisotopic (exact) mass is 720 g/mol. The van der Waals surface area contributed by atoms with Gasteiger partial charge in [-0.3, -0.25) is 19.2 Å². The number of hydrogen-bond acceptors (Lipinski definition) is 4. The lowest BCUT2D eigenvalue weighted by molar-refractivity contribution is -0.127. The van der Waals surface area contributed by atoms with Crippen molar-refractivity contribution in [2.45, 2.75) is 24.4 Å². The van der Waals surface area contributed by atoms with E-state index in [4.69, 9.17) is 13.0 Å². The summed E-state index contributed by atoms with van der Waals surface area (Å²) in [6.45, 7) is 7.10. The van der Waals surface area contributed by atoms with Crippen LogP contribution in [0, 0.1) is 18.9 Å². The zero-order valence-electron chi connectivity index (χ0n) is 29.7. The molecule has 6 aromatic rings. The Morgan fingerprint density at radius 3 is 1.62 bits per heavy atom. The fourth-order valence-corrected chi connectivity index (χ4v) is 6.35. The summed E-state index contributed by atoms with van der Waals surface area (Å²) in [7, 11) is 0. The van der Waals surface area contributed by atoms with Gasteiger partial charge in [-0.1, -0.05) is 133 Å². The SMILES string of the molecule is [C-]#[N+]c1ccc(C(=O)Nc2ccc(C(=O)N[C@@H](CC(=O)NC(c3ccccc3)(c3ccccc3)c3ccccc3)C(=O)Cc3ccc(C#C)cc3)cc2)cc1. The molecular weight excluding hydrogens is 685 g/mol. The average Bonchev–Trinajstić information content (AvgIpc) is 3.24. The van der Waals surface area contributed by atoms with Crippen molar-refractivity contribution < 1.29 is 19.2 Å². The number of anilines is 1. The van der Waals surface area contributed by atoms with Crippen LogP contribution in [0.5, 0.6) is 0 Å². The maximum absolute atomic E-state index is 14.4. The lowest BCUT2D eigenvalue weighted by Crippen LogP contribution is -2.51. The fourth-order valence-electron chi connectivity index (χ4n) is 6.35. The van der Waals surface area contributed by atoms with Crippen molar-refractivity contribution in [1.29, 1.82) is 0 Å². The molecule has 0 aliphatic rings. The highest BCUT2D eigenvalue weighted by atomic mass is 16.2. The third-order valence-corrected chi connectivity index (χ3v) is 9.19. The molecule has 8 nitrogen and oxygen atoms in total. The summed E-state index contributed by atoms with van der Waals surface area (Å²) >= 11 is 0. The van der Waals surface area contributed by atoms with Gasteiger partial charge in [0.05, 0.1) is 19.0 Å². The molecule has 8 heteroatoms. The third-order valence-electron chi connectivity index (χ3n) is 9.19. The molecule has 0 heterocycles. The second-order valence-electron chi connectivity index (χ2n) is 12.8. The van der Waals surface area contributed by atoms with Gasteiger partial charge in [0.25, 0.3) is 11.8 Å². The molecule has 0 aliphatic carbocycles. The first-order valence-electron chi connectivity index (χ1n) is 17.5. The van der Waals surface area contributed by atoms with E-state index in [0.717, 1.165) is 16.7 Å². The largest absolute Gasteiger partial charge is 0.342 e. The zero-order chi connectivity index (χ0) is 38.6. The number of ketones is 1. The highest BCUT2D eigenvalue weighted by Gasteiger charge is 2.39. The van der Waals surface area contributed by atoms with Gasteiger partial charge in [-0.05, 0) is 58.7 Å². The van der Waals surface area contributed by atoms with E-state index in [2.05, 4.69) is 26.7 Å². The van der Waals surface area contributed by atoms with Crippen LogP contribution < -0.4 is 16.0 Å². The van der Waals surface area contributed by atoms with Gasteiger partial charge in [0.1, 0.15) is 5.54 Å². The topological polar surface area (TPSA) is 109 Å². The number of nitrogens with one attached hydrogen (secondary N) is 3. The van der Waals surface area contributed by atoms with Crippen molar-refractivity contribution in [3.63, 3.8) is 0 Å². The number of benzene rings is 6. The van der Waals surface area contributed by atoms with Crippen molar-refractivity contribution in [2.75, 3.05) is 5.32 Å². The summed E-state index contributed by atoms with van der Waals surface area (Å²) in [5.41, 5.74) is 4.13. The molecule has 268 valence electrons. The van der Waals surface area contributed by atoms with Crippen LogP contribution >= 0.6 is 0 Å². The molecule has 0 aromatic heterocycles. The van der Waals surface area contributed by atoms with Gasteiger partial charge in [0.15, 0.2) is 11.5 Å². The molecule has 6 aromatic carbocycles. The molecule has 3 amide bonds. The van der Waals surface area contributed by atoms with Crippen LogP contribution in [-0.4, -0.2) is 29.5 Å². The molecule has 0 radical (unpaired) electrons. The minimum absolute atomic E-state index is 0.0495.